The molecule has 2 heterocycles. The van der Waals surface area contributed by atoms with Gasteiger partial charge in [-0.2, -0.15) is 5.10 Å². The summed E-state index contributed by atoms with van der Waals surface area (Å²) in [5, 5.41) is 15.5. The van der Waals surface area contributed by atoms with Crippen LogP contribution in [0.15, 0.2) is 24.7 Å². The lowest BCUT2D eigenvalue weighted by molar-refractivity contribution is 0.0944. The van der Waals surface area contributed by atoms with Gasteiger partial charge in [0, 0.05) is 19.7 Å². The topological polar surface area (TPSA) is 92.9 Å². The molecule has 2 rings (SSSR count). The Hall–Kier alpha value is -2.72. The second-order valence-electron chi connectivity index (χ2n) is 4.19. The molecule has 2 N–H and O–H groups in total. The van der Waals surface area contributed by atoms with E-state index < -0.39 is 0 Å². The number of aliphatic hydroxyl groups is 1. The smallest absolute Gasteiger partial charge is 0.271 e. The van der Waals surface area contributed by atoms with Crippen molar-refractivity contribution in [1.29, 1.82) is 0 Å². The van der Waals surface area contributed by atoms with Crippen LogP contribution in [0.5, 0.6) is 0 Å². The van der Waals surface area contributed by atoms with Crippen LogP contribution in [-0.4, -0.2) is 37.4 Å². The summed E-state index contributed by atoms with van der Waals surface area (Å²) in [5.41, 5.74) is 0.774. The van der Waals surface area contributed by atoms with Gasteiger partial charge in [-0.05, 0) is 12.1 Å². The highest BCUT2D eigenvalue weighted by Gasteiger charge is 2.12. The first-order chi connectivity index (χ1) is 10.2. The number of hydrogen-bond acceptors (Lipinski definition) is 5. The molecule has 0 saturated carbocycles. The van der Waals surface area contributed by atoms with Gasteiger partial charge in [0.05, 0.1) is 18.7 Å². The maximum Gasteiger partial charge on any atom is 0.271 e. The predicted octanol–water partition coefficient (Wildman–Crippen LogP) is -0.126. The average molecular weight is 285 g/mol. The molecule has 0 bridgehead atoms. The number of nitrogens with zero attached hydrogens (tertiary/aromatic N) is 4. The van der Waals surface area contributed by atoms with Gasteiger partial charge in [-0.3, -0.25) is 9.48 Å². The van der Waals surface area contributed by atoms with Gasteiger partial charge in [-0.25, -0.2) is 9.97 Å². The second kappa shape index (κ2) is 7.17. The third-order valence-electron chi connectivity index (χ3n) is 2.54. The number of aromatic nitrogens is 4. The van der Waals surface area contributed by atoms with E-state index in [0.29, 0.717) is 17.8 Å². The molecule has 108 valence electrons. The van der Waals surface area contributed by atoms with Gasteiger partial charge in [0.2, 0.25) is 0 Å². The van der Waals surface area contributed by atoms with Crippen LogP contribution in [0, 0.1) is 11.8 Å². The summed E-state index contributed by atoms with van der Waals surface area (Å²) in [7, 11) is 1.76. The molecule has 0 aliphatic heterocycles. The quantitative estimate of drug-likeness (QED) is 0.764. The molecule has 0 aliphatic rings. The first-order valence-corrected chi connectivity index (χ1v) is 6.38. The van der Waals surface area contributed by atoms with Gasteiger partial charge in [0.25, 0.3) is 5.91 Å². The summed E-state index contributed by atoms with van der Waals surface area (Å²) in [6, 6.07) is 3.42. The largest absolute Gasteiger partial charge is 0.395 e. The third-order valence-corrected chi connectivity index (χ3v) is 2.54. The molecule has 2 aromatic rings. The zero-order valence-corrected chi connectivity index (χ0v) is 11.6. The molecule has 1 amide bonds. The van der Waals surface area contributed by atoms with Crippen LogP contribution in [0.2, 0.25) is 0 Å². The van der Waals surface area contributed by atoms with E-state index in [2.05, 4.69) is 32.2 Å². The summed E-state index contributed by atoms with van der Waals surface area (Å²) >= 11 is 0. The van der Waals surface area contributed by atoms with Crippen molar-refractivity contribution in [2.24, 2.45) is 7.05 Å². The zero-order valence-electron chi connectivity index (χ0n) is 11.6. The van der Waals surface area contributed by atoms with Crippen LogP contribution in [-0.2, 0) is 13.6 Å². The Bertz CT molecular complexity index is 684. The van der Waals surface area contributed by atoms with Gasteiger partial charge >= 0.3 is 0 Å². The minimum Gasteiger partial charge on any atom is -0.395 e. The third kappa shape index (κ3) is 4.12. The van der Waals surface area contributed by atoms with Gasteiger partial charge in [0.1, 0.15) is 12.0 Å². The molecule has 2 aromatic heterocycles. The number of nitrogens with one attached hydrogen (secondary N) is 1. The number of hydrogen-bond donors (Lipinski definition) is 2. The van der Waals surface area contributed by atoms with Crippen molar-refractivity contribution in [3.63, 3.8) is 0 Å². The van der Waals surface area contributed by atoms with E-state index in [0.717, 1.165) is 0 Å². The van der Waals surface area contributed by atoms with E-state index >= 15 is 0 Å². The molecule has 0 unspecified atom stereocenters. The van der Waals surface area contributed by atoms with Crippen LogP contribution >= 0.6 is 0 Å². The number of aryl methyl sites for hydroxylation is 1. The van der Waals surface area contributed by atoms with Crippen molar-refractivity contribution in [1.82, 2.24) is 25.1 Å². The molecular formula is C14H15N5O2. The molecule has 0 aromatic carbocycles. The highest BCUT2D eigenvalue weighted by atomic mass is 16.2. The van der Waals surface area contributed by atoms with E-state index in [4.69, 9.17) is 5.11 Å². The number of carbonyl (C=O) groups is 1. The van der Waals surface area contributed by atoms with Crippen molar-refractivity contribution in [3.8, 4) is 11.8 Å². The van der Waals surface area contributed by atoms with Gasteiger partial charge < -0.3 is 10.4 Å². The van der Waals surface area contributed by atoms with Crippen molar-refractivity contribution < 1.29 is 9.90 Å². The number of pyridine rings is 1. The molecule has 7 heteroatoms. The van der Waals surface area contributed by atoms with Crippen LogP contribution in [0.1, 0.15) is 28.3 Å². The lowest BCUT2D eigenvalue weighted by Crippen LogP contribution is -2.25. The maximum atomic E-state index is 12.1. The summed E-state index contributed by atoms with van der Waals surface area (Å²) in [6.45, 7) is 0.208. The molecule has 21 heavy (non-hydrogen) atoms. The Morgan fingerprint density at radius 3 is 3.05 bits per heavy atom. The molecule has 0 radical (unpaired) electrons. The first kappa shape index (κ1) is 14.7. The Kier molecular flexibility index (Phi) is 5.01. The fourth-order valence-corrected chi connectivity index (χ4v) is 1.61. The van der Waals surface area contributed by atoms with Crippen molar-refractivity contribution in [2.75, 3.05) is 6.61 Å². The van der Waals surface area contributed by atoms with Crippen LogP contribution < -0.4 is 5.32 Å². The Labute approximate surface area is 122 Å². The summed E-state index contributed by atoms with van der Waals surface area (Å²) in [6.07, 6.45) is 3.45. The fraction of sp³-hybridized carbons (Fsp3) is 0.286. The number of amides is 1. The molecule has 7 nitrogen and oxygen atoms in total. The zero-order chi connectivity index (χ0) is 15.1. The minimum absolute atomic E-state index is 0.0138. The molecule has 0 saturated heterocycles. The van der Waals surface area contributed by atoms with Crippen molar-refractivity contribution in [3.05, 3.63) is 41.7 Å². The van der Waals surface area contributed by atoms with Crippen molar-refractivity contribution in [2.45, 2.75) is 13.0 Å². The Balaban J connectivity index is 2.07. The number of aliphatic hydroxyl groups excluding tert-OH is 1. The predicted molar refractivity (Wildman–Crippen MR) is 75.0 cm³/mol. The lowest BCUT2D eigenvalue weighted by Gasteiger charge is -2.04. The summed E-state index contributed by atoms with van der Waals surface area (Å²) in [4.78, 5) is 20.2. The highest BCUT2D eigenvalue weighted by Crippen LogP contribution is 2.04. The van der Waals surface area contributed by atoms with Crippen LogP contribution in [0.25, 0.3) is 0 Å². The summed E-state index contributed by atoms with van der Waals surface area (Å²) < 4.78 is 1.56. The maximum absolute atomic E-state index is 12.1. The monoisotopic (exact) mass is 285 g/mol. The first-order valence-electron chi connectivity index (χ1n) is 6.38. The lowest BCUT2D eigenvalue weighted by atomic mass is 10.2. The SMILES string of the molecule is Cn1cnc(CNC(=O)c2ncccc2C#CCCO)n1. The Morgan fingerprint density at radius 1 is 1.48 bits per heavy atom. The van der Waals surface area contributed by atoms with E-state index in [-0.39, 0.29) is 24.8 Å². The van der Waals surface area contributed by atoms with Gasteiger partial charge in [-0.1, -0.05) is 11.8 Å². The van der Waals surface area contributed by atoms with Gasteiger partial charge in [0.15, 0.2) is 5.82 Å². The summed E-state index contributed by atoms with van der Waals surface area (Å²) in [5.74, 6) is 5.79. The standard InChI is InChI=1S/C14H15N5O2/c1-19-10-17-12(18-19)9-16-14(21)13-11(5-2-3-8-20)6-4-7-15-13/h4,6-7,10,20H,3,8-9H2,1H3,(H,16,21). The van der Waals surface area contributed by atoms with E-state index in [1.165, 1.54) is 6.20 Å². The number of carbonyl (C=O) groups excluding carboxylic acids is 1. The van der Waals surface area contributed by atoms with Crippen LogP contribution in [0.4, 0.5) is 0 Å². The average Bonchev–Trinajstić information content (AvgIpc) is 2.91. The fourth-order valence-electron chi connectivity index (χ4n) is 1.61. The molecule has 0 spiro atoms. The van der Waals surface area contributed by atoms with E-state index in [1.807, 2.05) is 0 Å². The van der Waals surface area contributed by atoms with E-state index in [9.17, 15) is 4.79 Å². The number of rotatable bonds is 4. The van der Waals surface area contributed by atoms with Crippen LogP contribution in [0.3, 0.4) is 0 Å². The molecular weight excluding hydrogens is 270 g/mol. The van der Waals surface area contributed by atoms with Gasteiger partial charge in [-0.15, -0.1) is 0 Å². The molecule has 0 fully saturated rings. The highest BCUT2D eigenvalue weighted by molar-refractivity contribution is 5.94. The van der Waals surface area contributed by atoms with E-state index in [1.54, 1.807) is 30.2 Å². The minimum atomic E-state index is -0.337. The molecule has 0 aliphatic carbocycles. The van der Waals surface area contributed by atoms with Crippen molar-refractivity contribution >= 4 is 5.91 Å². The molecule has 0 atom stereocenters. The normalized spacial score (nSPS) is 9.81. The second-order valence-corrected chi connectivity index (χ2v) is 4.19. The Morgan fingerprint density at radius 2 is 2.33 bits per heavy atom.